The van der Waals surface area contributed by atoms with Gasteiger partial charge in [0.05, 0.1) is 16.8 Å². The van der Waals surface area contributed by atoms with Crippen LogP contribution in [0.15, 0.2) is 121 Å². The highest BCUT2D eigenvalue weighted by Gasteiger charge is 2.32. The number of halogens is 1. The third-order valence-electron chi connectivity index (χ3n) is 6.91. The maximum atomic E-state index is 2.30. The van der Waals surface area contributed by atoms with Gasteiger partial charge in [-0.15, -0.1) is 0 Å². The van der Waals surface area contributed by atoms with Crippen molar-refractivity contribution >= 4 is 34.0 Å². The number of hydrogen-bond acceptors (Lipinski definition) is 0. The molecule has 0 atom stereocenters. The summed E-state index contributed by atoms with van der Waals surface area (Å²) in [6.07, 6.45) is 6.74. The predicted molar refractivity (Wildman–Crippen MR) is 148 cm³/mol. The summed E-state index contributed by atoms with van der Waals surface area (Å²) in [5, 5.41) is 1.26. The quantitative estimate of drug-likeness (QED) is 0.297. The summed E-state index contributed by atoms with van der Waals surface area (Å²) in [5.41, 5.74) is 11.1. The van der Waals surface area contributed by atoms with Crippen LogP contribution in [0.2, 0.25) is 0 Å². The zero-order chi connectivity index (χ0) is 23.8. The van der Waals surface area contributed by atoms with Crippen LogP contribution in [0.4, 0.5) is 5.69 Å². The predicted octanol–water partition coefficient (Wildman–Crippen LogP) is 4.72. The van der Waals surface area contributed by atoms with Gasteiger partial charge in [-0.05, 0) is 35.9 Å². The van der Waals surface area contributed by atoms with E-state index >= 15 is 0 Å². The monoisotopic (exact) mass is 530 g/mol. The molecular weight excluding hydrogens is 504 g/mol. The molecule has 0 aliphatic carbocycles. The number of fused-ring (bicyclic) bond motifs is 2. The highest BCUT2D eigenvalue weighted by Crippen LogP contribution is 2.37. The van der Waals surface area contributed by atoms with Gasteiger partial charge in [-0.2, -0.15) is 4.58 Å². The molecule has 0 saturated heterocycles. The van der Waals surface area contributed by atoms with Crippen molar-refractivity contribution in [1.29, 1.82) is 0 Å². The highest BCUT2D eigenvalue weighted by atomic mass is 79.9. The third-order valence-corrected chi connectivity index (χ3v) is 6.91. The average molecular weight is 531 g/mol. The molecule has 0 fully saturated rings. The average Bonchev–Trinajstić information content (AvgIpc) is 3.36. The summed E-state index contributed by atoms with van der Waals surface area (Å²) in [7, 11) is 4.31. The van der Waals surface area contributed by atoms with Gasteiger partial charge in [0.2, 0.25) is 11.4 Å². The maximum absolute atomic E-state index is 2.30. The standard InChI is InChI=1S/C33H27N2.BrH/c1-34-30-22-11-9-18-26(30)28(32(34)24-14-5-3-6-15-24)20-13-21-29-27-19-10-12-23-31(27)35(2)33(29)25-16-7-4-8-17-25;/h3-23H,1-2H3;1H/q+1;/p-1. The van der Waals surface area contributed by atoms with Crippen LogP contribution in [0.1, 0.15) is 16.7 Å². The van der Waals surface area contributed by atoms with Crippen molar-refractivity contribution in [3.05, 3.63) is 138 Å². The maximum Gasteiger partial charge on any atom is 0.220 e. The van der Waals surface area contributed by atoms with Crippen molar-refractivity contribution in [2.24, 2.45) is 7.05 Å². The van der Waals surface area contributed by atoms with E-state index in [0.29, 0.717) is 0 Å². The van der Waals surface area contributed by atoms with E-state index in [1.165, 1.54) is 55.8 Å². The molecule has 2 heterocycles. The Morgan fingerprint density at radius 3 is 2.06 bits per heavy atom. The molecule has 0 spiro atoms. The molecule has 3 heteroatoms. The second-order valence-electron chi connectivity index (χ2n) is 8.93. The molecule has 0 saturated carbocycles. The first kappa shape index (κ1) is 23.8. The Labute approximate surface area is 222 Å². The van der Waals surface area contributed by atoms with E-state index in [0.717, 1.165) is 0 Å². The molecular formula is C33H27BrN2. The minimum absolute atomic E-state index is 0. The first-order valence-electron chi connectivity index (χ1n) is 12.0. The number of nitrogens with zero attached hydrogens (tertiary/aromatic N) is 2. The minimum Gasteiger partial charge on any atom is -1.00 e. The van der Waals surface area contributed by atoms with E-state index in [4.69, 9.17) is 0 Å². The molecule has 0 unspecified atom stereocenters. The van der Waals surface area contributed by atoms with Crippen LogP contribution >= 0.6 is 0 Å². The number of aromatic nitrogens is 1. The van der Waals surface area contributed by atoms with Gasteiger partial charge in [-0.3, -0.25) is 0 Å². The highest BCUT2D eigenvalue weighted by molar-refractivity contribution is 6.32. The number of aryl methyl sites for hydroxylation is 1. The first-order valence-corrected chi connectivity index (χ1v) is 12.0. The van der Waals surface area contributed by atoms with Gasteiger partial charge >= 0.3 is 0 Å². The number of rotatable bonds is 4. The van der Waals surface area contributed by atoms with Gasteiger partial charge in [-0.1, -0.05) is 91.0 Å². The second kappa shape index (κ2) is 9.96. The van der Waals surface area contributed by atoms with Gasteiger partial charge < -0.3 is 21.5 Å². The number of hydrogen-bond donors (Lipinski definition) is 0. The van der Waals surface area contributed by atoms with Crippen LogP contribution in [0.3, 0.4) is 0 Å². The van der Waals surface area contributed by atoms with E-state index in [9.17, 15) is 0 Å². The van der Waals surface area contributed by atoms with E-state index in [2.05, 4.69) is 151 Å². The fraction of sp³-hybridized carbons (Fsp3) is 0.0606. The Bertz CT molecular complexity index is 1640. The Morgan fingerprint density at radius 1 is 0.694 bits per heavy atom. The second-order valence-corrected chi connectivity index (χ2v) is 8.93. The lowest BCUT2D eigenvalue weighted by atomic mass is 9.97. The number of para-hydroxylation sites is 2. The molecule has 0 radical (unpaired) electrons. The molecule has 6 rings (SSSR count). The number of allylic oxidation sites excluding steroid dienone is 3. The van der Waals surface area contributed by atoms with Crippen molar-refractivity contribution in [3.63, 3.8) is 0 Å². The Morgan fingerprint density at radius 2 is 1.31 bits per heavy atom. The molecule has 0 amide bonds. The summed E-state index contributed by atoms with van der Waals surface area (Å²) in [6.45, 7) is 0. The molecule has 0 N–H and O–H groups in total. The molecule has 1 aliphatic rings. The fourth-order valence-electron chi connectivity index (χ4n) is 5.31. The third kappa shape index (κ3) is 3.96. The zero-order valence-corrected chi connectivity index (χ0v) is 22.0. The van der Waals surface area contributed by atoms with Crippen molar-refractivity contribution in [2.75, 3.05) is 7.05 Å². The molecule has 5 aromatic rings. The Hall–Kier alpha value is -3.95. The Balaban J connectivity index is 0.00000267. The summed E-state index contributed by atoms with van der Waals surface area (Å²) < 4.78 is 4.61. The van der Waals surface area contributed by atoms with E-state index in [-0.39, 0.29) is 17.0 Å². The molecule has 1 aromatic heterocycles. The van der Waals surface area contributed by atoms with Gasteiger partial charge in [0.25, 0.3) is 0 Å². The van der Waals surface area contributed by atoms with Crippen LogP contribution in [0, 0.1) is 0 Å². The lowest BCUT2D eigenvalue weighted by molar-refractivity contribution is -0.400. The number of benzene rings is 4. The minimum atomic E-state index is 0. The lowest BCUT2D eigenvalue weighted by Crippen LogP contribution is -3.00. The van der Waals surface area contributed by atoms with Crippen LogP contribution in [-0.2, 0) is 7.05 Å². The van der Waals surface area contributed by atoms with Crippen molar-refractivity contribution < 1.29 is 21.6 Å². The van der Waals surface area contributed by atoms with Crippen LogP contribution in [-0.4, -0.2) is 21.9 Å². The summed E-state index contributed by atoms with van der Waals surface area (Å²) in [4.78, 5) is 0. The van der Waals surface area contributed by atoms with Gasteiger partial charge in [0.1, 0.15) is 7.05 Å². The van der Waals surface area contributed by atoms with Gasteiger partial charge in [0.15, 0.2) is 0 Å². The fourth-order valence-corrected chi connectivity index (χ4v) is 5.31. The summed E-state index contributed by atoms with van der Waals surface area (Å²) >= 11 is 0. The molecule has 2 nitrogen and oxygen atoms in total. The van der Waals surface area contributed by atoms with Crippen molar-refractivity contribution in [3.8, 4) is 11.3 Å². The van der Waals surface area contributed by atoms with Crippen LogP contribution in [0.5, 0.6) is 0 Å². The molecule has 4 aromatic carbocycles. The first-order chi connectivity index (χ1) is 17.2. The van der Waals surface area contributed by atoms with Crippen LogP contribution < -0.4 is 17.0 Å². The Kier molecular flexibility index (Phi) is 6.58. The molecule has 36 heavy (non-hydrogen) atoms. The molecule has 0 bridgehead atoms. The van der Waals surface area contributed by atoms with Crippen LogP contribution in [0.25, 0.3) is 33.8 Å². The SMILES string of the molecule is Cn1c(-c2ccccc2)c(/C=C\C=C2/C(c3ccccc3)=[N+](C)c3ccccc32)c2ccccc21.[Br-]. The van der Waals surface area contributed by atoms with E-state index in [1.807, 2.05) is 0 Å². The zero-order valence-electron chi connectivity index (χ0n) is 20.4. The smallest absolute Gasteiger partial charge is 0.220 e. The molecule has 176 valence electrons. The molecule has 1 aliphatic heterocycles. The summed E-state index contributed by atoms with van der Waals surface area (Å²) in [5.74, 6) is 0. The normalized spacial score (nSPS) is 14.0. The van der Waals surface area contributed by atoms with Crippen molar-refractivity contribution in [1.82, 2.24) is 4.57 Å². The van der Waals surface area contributed by atoms with Gasteiger partial charge in [-0.25, -0.2) is 0 Å². The summed E-state index contributed by atoms with van der Waals surface area (Å²) in [6, 6.07) is 38.6. The largest absolute Gasteiger partial charge is 1.00 e. The van der Waals surface area contributed by atoms with E-state index < -0.39 is 0 Å². The topological polar surface area (TPSA) is 7.94 Å². The van der Waals surface area contributed by atoms with Gasteiger partial charge in [0, 0.05) is 35.1 Å². The van der Waals surface area contributed by atoms with Crippen molar-refractivity contribution in [2.45, 2.75) is 0 Å². The van der Waals surface area contributed by atoms with E-state index in [1.54, 1.807) is 0 Å². The lowest BCUT2D eigenvalue weighted by Gasteiger charge is -2.06.